The first-order valence-electron chi connectivity index (χ1n) is 7.01. The van der Waals surface area contributed by atoms with E-state index in [2.05, 4.69) is 0 Å². The molecule has 0 aliphatic carbocycles. The maximum absolute atomic E-state index is 12.2. The average Bonchev–Trinajstić information content (AvgIpc) is 2.42. The normalized spacial score (nSPS) is 21.1. The Labute approximate surface area is 119 Å². The SMILES string of the molecule is CCCN1C(=O)C(C)Oc2ccc(C(O)C(C)N)cc21. The predicted octanol–water partition coefficient (Wildman–Crippen LogP) is 1.59. The lowest BCUT2D eigenvalue weighted by Crippen LogP contribution is -2.44. The maximum atomic E-state index is 12.2. The van der Waals surface area contributed by atoms with Crippen LogP contribution in [0.2, 0.25) is 0 Å². The predicted molar refractivity (Wildman–Crippen MR) is 77.8 cm³/mol. The number of aliphatic hydroxyl groups is 1. The van der Waals surface area contributed by atoms with E-state index in [9.17, 15) is 9.90 Å². The molecule has 1 amide bonds. The van der Waals surface area contributed by atoms with Gasteiger partial charge < -0.3 is 20.5 Å². The number of anilines is 1. The number of ether oxygens (including phenoxy) is 1. The number of hydrogen-bond acceptors (Lipinski definition) is 4. The van der Waals surface area contributed by atoms with Crippen molar-refractivity contribution in [3.05, 3.63) is 23.8 Å². The standard InChI is InChI=1S/C15H22N2O3/c1-4-7-17-12-8-11(14(18)9(2)16)5-6-13(12)20-10(3)15(17)19/h5-6,8-10,14,18H,4,7,16H2,1-3H3. The summed E-state index contributed by atoms with van der Waals surface area (Å²) in [6.45, 7) is 6.15. The van der Waals surface area contributed by atoms with E-state index in [-0.39, 0.29) is 11.9 Å². The molecule has 3 atom stereocenters. The second-order valence-corrected chi connectivity index (χ2v) is 5.28. The monoisotopic (exact) mass is 278 g/mol. The lowest BCUT2D eigenvalue weighted by atomic mass is 10.0. The van der Waals surface area contributed by atoms with Gasteiger partial charge in [0.2, 0.25) is 0 Å². The molecule has 5 nitrogen and oxygen atoms in total. The van der Waals surface area contributed by atoms with Crippen LogP contribution in [-0.2, 0) is 4.79 Å². The van der Waals surface area contributed by atoms with Crippen LogP contribution in [0.4, 0.5) is 5.69 Å². The summed E-state index contributed by atoms with van der Waals surface area (Å²) in [5, 5.41) is 10.1. The van der Waals surface area contributed by atoms with E-state index < -0.39 is 12.2 Å². The van der Waals surface area contributed by atoms with Crippen molar-refractivity contribution < 1.29 is 14.6 Å². The largest absolute Gasteiger partial charge is 0.479 e. The van der Waals surface area contributed by atoms with E-state index >= 15 is 0 Å². The summed E-state index contributed by atoms with van der Waals surface area (Å²) >= 11 is 0. The van der Waals surface area contributed by atoms with Gasteiger partial charge in [-0.3, -0.25) is 4.79 Å². The van der Waals surface area contributed by atoms with E-state index in [1.165, 1.54) is 0 Å². The fourth-order valence-electron chi connectivity index (χ4n) is 2.37. The molecular weight excluding hydrogens is 256 g/mol. The minimum atomic E-state index is -0.752. The van der Waals surface area contributed by atoms with Crippen LogP contribution in [0.15, 0.2) is 18.2 Å². The summed E-state index contributed by atoms with van der Waals surface area (Å²) in [5.74, 6) is 0.623. The Bertz CT molecular complexity index is 502. The smallest absolute Gasteiger partial charge is 0.267 e. The van der Waals surface area contributed by atoms with Crippen molar-refractivity contribution in [3.8, 4) is 5.75 Å². The summed E-state index contributed by atoms with van der Waals surface area (Å²) < 4.78 is 5.61. The first-order valence-corrected chi connectivity index (χ1v) is 7.01. The number of amides is 1. The molecule has 1 aliphatic heterocycles. The summed E-state index contributed by atoms with van der Waals surface area (Å²) in [6, 6.07) is 5.01. The topological polar surface area (TPSA) is 75.8 Å². The molecule has 0 fully saturated rings. The molecule has 1 aromatic rings. The first kappa shape index (κ1) is 14.8. The highest BCUT2D eigenvalue weighted by Crippen LogP contribution is 2.36. The van der Waals surface area contributed by atoms with Crippen molar-refractivity contribution >= 4 is 11.6 Å². The summed E-state index contributed by atoms with van der Waals surface area (Å²) in [5.41, 5.74) is 7.14. The van der Waals surface area contributed by atoms with Crippen molar-refractivity contribution in [3.63, 3.8) is 0 Å². The van der Waals surface area contributed by atoms with Gasteiger partial charge in [0, 0.05) is 12.6 Å². The molecule has 20 heavy (non-hydrogen) atoms. The van der Waals surface area contributed by atoms with E-state index in [0.717, 1.165) is 6.42 Å². The Kier molecular flexibility index (Phi) is 4.30. The third-order valence-corrected chi connectivity index (χ3v) is 3.48. The van der Waals surface area contributed by atoms with Crippen LogP contribution >= 0.6 is 0 Å². The Hall–Kier alpha value is -1.59. The van der Waals surface area contributed by atoms with E-state index in [0.29, 0.717) is 23.5 Å². The highest BCUT2D eigenvalue weighted by Gasteiger charge is 2.31. The number of benzene rings is 1. The number of fused-ring (bicyclic) bond motifs is 1. The quantitative estimate of drug-likeness (QED) is 0.877. The van der Waals surface area contributed by atoms with Crippen LogP contribution in [-0.4, -0.2) is 29.7 Å². The molecule has 0 radical (unpaired) electrons. The highest BCUT2D eigenvalue weighted by atomic mass is 16.5. The molecule has 3 N–H and O–H groups in total. The van der Waals surface area contributed by atoms with Crippen molar-refractivity contribution in [1.29, 1.82) is 0 Å². The second-order valence-electron chi connectivity index (χ2n) is 5.28. The Balaban J connectivity index is 2.42. The van der Waals surface area contributed by atoms with Crippen LogP contribution in [0, 0.1) is 0 Å². The van der Waals surface area contributed by atoms with Crippen LogP contribution in [0.25, 0.3) is 0 Å². The van der Waals surface area contributed by atoms with Crippen molar-refractivity contribution in [2.75, 3.05) is 11.4 Å². The fourth-order valence-corrected chi connectivity index (χ4v) is 2.37. The Morgan fingerprint density at radius 2 is 2.20 bits per heavy atom. The van der Waals surface area contributed by atoms with Crippen LogP contribution in [0.3, 0.4) is 0 Å². The molecule has 0 bridgehead atoms. The van der Waals surface area contributed by atoms with Gasteiger partial charge in [-0.15, -0.1) is 0 Å². The molecular formula is C15H22N2O3. The molecule has 0 aromatic heterocycles. The highest BCUT2D eigenvalue weighted by molar-refractivity contribution is 5.99. The molecule has 5 heteroatoms. The summed E-state index contributed by atoms with van der Waals surface area (Å²) in [6.07, 6.45) is -0.366. The number of carbonyl (C=O) groups excluding carboxylic acids is 1. The minimum Gasteiger partial charge on any atom is -0.479 e. The van der Waals surface area contributed by atoms with Gasteiger partial charge in [-0.1, -0.05) is 13.0 Å². The minimum absolute atomic E-state index is 0.0493. The van der Waals surface area contributed by atoms with E-state index in [1.807, 2.05) is 6.92 Å². The van der Waals surface area contributed by atoms with Gasteiger partial charge >= 0.3 is 0 Å². The van der Waals surface area contributed by atoms with E-state index in [4.69, 9.17) is 10.5 Å². The van der Waals surface area contributed by atoms with Crippen molar-refractivity contribution in [2.24, 2.45) is 5.73 Å². The molecule has 110 valence electrons. The zero-order valence-corrected chi connectivity index (χ0v) is 12.2. The number of hydrogen-bond donors (Lipinski definition) is 2. The molecule has 1 aromatic carbocycles. The molecule has 0 spiro atoms. The second kappa shape index (κ2) is 5.81. The average molecular weight is 278 g/mol. The molecule has 3 unspecified atom stereocenters. The number of rotatable bonds is 4. The van der Waals surface area contributed by atoms with Gasteiger partial charge in [-0.05, 0) is 38.0 Å². The molecule has 1 heterocycles. The number of aliphatic hydroxyl groups excluding tert-OH is 1. The van der Waals surface area contributed by atoms with E-state index in [1.54, 1.807) is 36.9 Å². The van der Waals surface area contributed by atoms with Gasteiger partial charge in [0.25, 0.3) is 5.91 Å². The third-order valence-electron chi connectivity index (χ3n) is 3.48. The van der Waals surface area contributed by atoms with Crippen LogP contribution < -0.4 is 15.4 Å². The van der Waals surface area contributed by atoms with Gasteiger partial charge in [-0.2, -0.15) is 0 Å². The van der Waals surface area contributed by atoms with Crippen LogP contribution in [0.1, 0.15) is 38.9 Å². The summed E-state index contributed by atoms with van der Waals surface area (Å²) in [7, 11) is 0. The Morgan fingerprint density at radius 1 is 1.50 bits per heavy atom. The molecule has 0 saturated carbocycles. The van der Waals surface area contributed by atoms with Crippen molar-refractivity contribution in [2.45, 2.75) is 45.4 Å². The van der Waals surface area contributed by atoms with Gasteiger partial charge in [0.15, 0.2) is 6.10 Å². The van der Waals surface area contributed by atoms with Gasteiger partial charge in [-0.25, -0.2) is 0 Å². The fraction of sp³-hybridized carbons (Fsp3) is 0.533. The lowest BCUT2D eigenvalue weighted by molar-refractivity contribution is -0.125. The van der Waals surface area contributed by atoms with Crippen LogP contribution in [0.5, 0.6) is 5.75 Å². The van der Waals surface area contributed by atoms with Gasteiger partial charge in [0.1, 0.15) is 5.75 Å². The zero-order chi connectivity index (χ0) is 14.9. The zero-order valence-electron chi connectivity index (χ0n) is 12.2. The Morgan fingerprint density at radius 3 is 2.80 bits per heavy atom. The van der Waals surface area contributed by atoms with Crippen molar-refractivity contribution in [1.82, 2.24) is 0 Å². The molecule has 0 saturated heterocycles. The molecule has 1 aliphatic rings. The summed E-state index contributed by atoms with van der Waals surface area (Å²) in [4.78, 5) is 13.9. The third kappa shape index (κ3) is 2.64. The molecule has 2 rings (SSSR count). The van der Waals surface area contributed by atoms with Gasteiger partial charge in [0.05, 0.1) is 11.8 Å². The maximum Gasteiger partial charge on any atom is 0.267 e. The number of nitrogens with zero attached hydrogens (tertiary/aromatic N) is 1. The first-order chi connectivity index (χ1) is 9.45. The number of carbonyl (C=O) groups is 1. The number of nitrogens with two attached hydrogens (primary N) is 1. The lowest BCUT2D eigenvalue weighted by Gasteiger charge is -2.33.